The minimum absolute atomic E-state index is 0.0511. The summed E-state index contributed by atoms with van der Waals surface area (Å²) in [6.07, 6.45) is 4.17. The summed E-state index contributed by atoms with van der Waals surface area (Å²) in [6, 6.07) is 6.80. The molecule has 0 bridgehead atoms. The molecule has 2 atom stereocenters. The number of nitrogens with two attached hydrogens (primary N) is 1. The Labute approximate surface area is 121 Å². The second-order valence-electron chi connectivity index (χ2n) is 5.63. The largest absolute Gasteiger partial charge is 0.490 e. The summed E-state index contributed by atoms with van der Waals surface area (Å²) >= 11 is 0. The molecule has 0 amide bonds. The average Bonchev–Trinajstić information content (AvgIpc) is 2.39. The molecule has 2 N–H and O–H groups in total. The summed E-state index contributed by atoms with van der Waals surface area (Å²) in [7, 11) is -3.16. The van der Waals surface area contributed by atoms with Gasteiger partial charge in [-0.2, -0.15) is 0 Å². The van der Waals surface area contributed by atoms with Crippen LogP contribution < -0.4 is 10.5 Å². The molecule has 1 saturated carbocycles. The van der Waals surface area contributed by atoms with Gasteiger partial charge >= 0.3 is 0 Å². The zero-order valence-electron chi connectivity index (χ0n) is 12.3. The molecule has 1 fully saturated rings. The zero-order chi connectivity index (χ0) is 15.0. The summed E-state index contributed by atoms with van der Waals surface area (Å²) in [5, 5.41) is 0. The van der Waals surface area contributed by atoms with Crippen LogP contribution in [0.15, 0.2) is 29.2 Å². The van der Waals surface area contributed by atoms with Crippen LogP contribution in [0, 0.1) is 5.41 Å². The molecule has 1 aromatic rings. The van der Waals surface area contributed by atoms with E-state index in [-0.39, 0.29) is 17.6 Å². The van der Waals surface area contributed by atoms with E-state index in [1.165, 1.54) is 6.26 Å². The molecule has 112 valence electrons. The van der Waals surface area contributed by atoms with Crippen LogP contribution in [0.3, 0.4) is 0 Å². The highest BCUT2D eigenvalue weighted by molar-refractivity contribution is 7.90. The van der Waals surface area contributed by atoms with Crippen LogP contribution in [0.1, 0.15) is 33.1 Å². The SMILES string of the molecule is CCC1(CC)C(N)CC1Oc1ccc(S(C)(=O)=O)cc1. The third-order valence-corrected chi connectivity index (χ3v) is 5.82. The van der Waals surface area contributed by atoms with Crippen molar-refractivity contribution in [3.8, 4) is 5.75 Å². The Kier molecular flexibility index (Phi) is 4.12. The molecule has 20 heavy (non-hydrogen) atoms. The first-order valence-corrected chi connectivity index (χ1v) is 8.95. The van der Waals surface area contributed by atoms with Crippen molar-refractivity contribution in [2.24, 2.45) is 11.1 Å². The molecule has 0 saturated heterocycles. The minimum Gasteiger partial charge on any atom is -0.490 e. The lowest BCUT2D eigenvalue weighted by Crippen LogP contribution is -2.62. The van der Waals surface area contributed by atoms with E-state index in [0.717, 1.165) is 19.3 Å². The number of hydrogen-bond donors (Lipinski definition) is 1. The van der Waals surface area contributed by atoms with Crippen LogP contribution in [-0.2, 0) is 9.84 Å². The van der Waals surface area contributed by atoms with Gasteiger partial charge in [-0.25, -0.2) is 8.42 Å². The van der Waals surface area contributed by atoms with E-state index in [9.17, 15) is 8.42 Å². The van der Waals surface area contributed by atoms with Crippen LogP contribution in [0.5, 0.6) is 5.75 Å². The summed E-state index contributed by atoms with van der Waals surface area (Å²) in [5.74, 6) is 0.709. The highest BCUT2D eigenvalue weighted by Crippen LogP contribution is 2.47. The highest BCUT2D eigenvalue weighted by atomic mass is 32.2. The Hall–Kier alpha value is -1.07. The van der Waals surface area contributed by atoms with Gasteiger partial charge in [0.25, 0.3) is 0 Å². The number of rotatable bonds is 5. The standard InChI is InChI=1S/C15H23NO3S/c1-4-15(5-2)13(16)10-14(15)19-11-6-8-12(9-7-11)20(3,17)18/h6-9,13-14H,4-5,10,16H2,1-3H3. The number of benzene rings is 1. The lowest BCUT2D eigenvalue weighted by molar-refractivity contribution is -0.0722. The van der Waals surface area contributed by atoms with E-state index < -0.39 is 9.84 Å². The fourth-order valence-corrected chi connectivity index (χ4v) is 3.73. The highest BCUT2D eigenvalue weighted by Gasteiger charge is 2.52. The van der Waals surface area contributed by atoms with Gasteiger partial charge in [0.15, 0.2) is 9.84 Å². The molecule has 1 aromatic carbocycles. The third kappa shape index (κ3) is 2.56. The summed E-state index contributed by atoms with van der Waals surface area (Å²) in [4.78, 5) is 0.312. The Bertz CT molecular complexity index is 561. The van der Waals surface area contributed by atoms with Gasteiger partial charge in [0.2, 0.25) is 0 Å². The lowest BCUT2D eigenvalue weighted by atomic mass is 9.59. The van der Waals surface area contributed by atoms with Crippen LogP contribution >= 0.6 is 0 Å². The van der Waals surface area contributed by atoms with Crippen molar-refractivity contribution in [2.75, 3.05) is 6.26 Å². The number of ether oxygens (including phenoxy) is 1. The Morgan fingerprint density at radius 3 is 2.20 bits per heavy atom. The van der Waals surface area contributed by atoms with Gasteiger partial charge in [-0.15, -0.1) is 0 Å². The van der Waals surface area contributed by atoms with Crippen molar-refractivity contribution in [3.63, 3.8) is 0 Å². The van der Waals surface area contributed by atoms with Gasteiger partial charge in [-0.3, -0.25) is 0 Å². The molecular formula is C15H23NO3S. The van der Waals surface area contributed by atoms with Crippen molar-refractivity contribution in [2.45, 2.75) is 50.2 Å². The van der Waals surface area contributed by atoms with E-state index in [1.54, 1.807) is 24.3 Å². The normalized spacial score (nSPS) is 25.0. The van der Waals surface area contributed by atoms with Gasteiger partial charge in [0.1, 0.15) is 11.9 Å². The zero-order valence-corrected chi connectivity index (χ0v) is 13.1. The molecular weight excluding hydrogens is 274 g/mol. The van der Waals surface area contributed by atoms with E-state index in [2.05, 4.69) is 13.8 Å². The first kappa shape index (κ1) is 15.3. The van der Waals surface area contributed by atoms with Crippen molar-refractivity contribution in [3.05, 3.63) is 24.3 Å². The van der Waals surface area contributed by atoms with Gasteiger partial charge in [0, 0.05) is 24.1 Å². The van der Waals surface area contributed by atoms with Crippen molar-refractivity contribution in [1.82, 2.24) is 0 Å². The van der Waals surface area contributed by atoms with Crippen molar-refractivity contribution in [1.29, 1.82) is 0 Å². The fourth-order valence-electron chi connectivity index (χ4n) is 3.10. The molecule has 2 unspecified atom stereocenters. The van der Waals surface area contributed by atoms with Gasteiger partial charge in [-0.1, -0.05) is 13.8 Å². The van der Waals surface area contributed by atoms with Gasteiger partial charge in [-0.05, 0) is 37.1 Å². The molecule has 0 radical (unpaired) electrons. The molecule has 1 aliphatic rings. The van der Waals surface area contributed by atoms with E-state index in [4.69, 9.17) is 10.5 Å². The molecule has 5 heteroatoms. The molecule has 0 aliphatic heterocycles. The van der Waals surface area contributed by atoms with Crippen LogP contribution in [-0.4, -0.2) is 26.8 Å². The number of hydrogen-bond acceptors (Lipinski definition) is 4. The average molecular weight is 297 g/mol. The van der Waals surface area contributed by atoms with Crippen LogP contribution in [0.25, 0.3) is 0 Å². The van der Waals surface area contributed by atoms with E-state index in [0.29, 0.717) is 10.6 Å². The predicted octanol–water partition coefficient (Wildman–Crippen LogP) is 2.37. The summed E-state index contributed by atoms with van der Waals surface area (Å²) < 4.78 is 28.8. The maximum atomic E-state index is 11.4. The topological polar surface area (TPSA) is 69.4 Å². The van der Waals surface area contributed by atoms with Crippen molar-refractivity contribution < 1.29 is 13.2 Å². The third-order valence-electron chi connectivity index (χ3n) is 4.69. The van der Waals surface area contributed by atoms with Crippen molar-refractivity contribution >= 4 is 9.84 Å². The maximum absolute atomic E-state index is 11.4. The smallest absolute Gasteiger partial charge is 0.175 e. The second kappa shape index (κ2) is 5.37. The van der Waals surface area contributed by atoms with Crippen LogP contribution in [0.2, 0.25) is 0 Å². The minimum atomic E-state index is -3.16. The summed E-state index contributed by atoms with van der Waals surface area (Å²) in [5.41, 5.74) is 6.20. The molecule has 4 nitrogen and oxygen atoms in total. The molecule has 0 heterocycles. The first-order valence-electron chi connectivity index (χ1n) is 7.06. The Morgan fingerprint density at radius 2 is 1.80 bits per heavy atom. The lowest BCUT2D eigenvalue weighted by Gasteiger charge is -2.53. The van der Waals surface area contributed by atoms with Gasteiger partial charge in [0.05, 0.1) is 4.90 Å². The number of sulfone groups is 1. The maximum Gasteiger partial charge on any atom is 0.175 e. The predicted molar refractivity (Wildman–Crippen MR) is 79.6 cm³/mol. The summed E-state index contributed by atoms with van der Waals surface area (Å²) in [6.45, 7) is 4.29. The Balaban J connectivity index is 2.12. The molecule has 1 aliphatic carbocycles. The second-order valence-corrected chi connectivity index (χ2v) is 7.65. The van der Waals surface area contributed by atoms with E-state index in [1.807, 2.05) is 0 Å². The van der Waals surface area contributed by atoms with Crippen LogP contribution in [0.4, 0.5) is 0 Å². The van der Waals surface area contributed by atoms with Gasteiger partial charge < -0.3 is 10.5 Å². The molecule has 0 aromatic heterocycles. The quantitative estimate of drug-likeness (QED) is 0.906. The molecule has 2 rings (SSSR count). The Morgan fingerprint density at radius 1 is 1.25 bits per heavy atom. The monoisotopic (exact) mass is 297 g/mol. The van der Waals surface area contributed by atoms with E-state index >= 15 is 0 Å². The molecule has 0 spiro atoms. The fraction of sp³-hybridized carbons (Fsp3) is 0.600. The first-order chi connectivity index (χ1) is 9.33.